The smallest absolute Gasteiger partial charge is 0.248 e. The molecule has 5 rings (SSSR count). The van der Waals surface area contributed by atoms with Gasteiger partial charge in [0.1, 0.15) is 11.6 Å². The van der Waals surface area contributed by atoms with Crippen molar-refractivity contribution in [1.82, 2.24) is 19.6 Å². The van der Waals surface area contributed by atoms with Crippen LogP contribution in [0.25, 0.3) is 0 Å². The van der Waals surface area contributed by atoms with E-state index in [2.05, 4.69) is 18.1 Å². The van der Waals surface area contributed by atoms with Gasteiger partial charge in [-0.05, 0) is 24.3 Å². The number of fused-ring (bicyclic) bond motifs is 1. The Labute approximate surface area is 261 Å². The first kappa shape index (κ1) is 32.3. The van der Waals surface area contributed by atoms with E-state index in [4.69, 9.17) is 9.47 Å². The molecule has 3 amide bonds. The van der Waals surface area contributed by atoms with Crippen molar-refractivity contribution in [3.05, 3.63) is 61.2 Å². The molecule has 4 aliphatic heterocycles. The summed E-state index contributed by atoms with van der Waals surface area (Å²) in [6, 6.07) is 8.22. The Morgan fingerprint density at radius 2 is 1.77 bits per heavy atom. The van der Waals surface area contributed by atoms with Crippen LogP contribution in [0, 0.1) is 17.8 Å². The lowest BCUT2D eigenvalue weighted by molar-refractivity contribution is -0.153. The fourth-order valence-electron chi connectivity index (χ4n) is 7.74. The van der Waals surface area contributed by atoms with Crippen molar-refractivity contribution in [2.24, 2.45) is 17.8 Å². The summed E-state index contributed by atoms with van der Waals surface area (Å²) < 4.78 is 12.2. The van der Waals surface area contributed by atoms with Crippen molar-refractivity contribution < 1.29 is 29.0 Å². The molecule has 2 bridgehead atoms. The van der Waals surface area contributed by atoms with Crippen LogP contribution in [-0.4, -0.2) is 125 Å². The van der Waals surface area contributed by atoms with E-state index in [9.17, 15) is 19.5 Å². The highest BCUT2D eigenvalue weighted by Gasteiger charge is 2.75. The third kappa shape index (κ3) is 5.97. The van der Waals surface area contributed by atoms with Gasteiger partial charge in [0.2, 0.25) is 17.7 Å². The Bertz CT molecular complexity index is 1200. The molecule has 1 aromatic rings. The molecule has 1 N–H and O–H groups in total. The number of amides is 3. The highest BCUT2D eigenvalue weighted by Crippen LogP contribution is 2.59. The molecular weight excluding hydrogens is 560 g/mol. The fourth-order valence-corrected chi connectivity index (χ4v) is 7.74. The zero-order chi connectivity index (χ0) is 31.4. The van der Waals surface area contributed by atoms with Gasteiger partial charge in [0.15, 0.2) is 0 Å². The average Bonchev–Trinajstić information content (AvgIpc) is 3.67. The van der Waals surface area contributed by atoms with Crippen LogP contribution in [0.1, 0.15) is 32.3 Å². The first-order valence-electron chi connectivity index (χ1n) is 16.0. The van der Waals surface area contributed by atoms with Gasteiger partial charge in [0.25, 0.3) is 0 Å². The summed E-state index contributed by atoms with van der Waals surface area (Å²) in [5, 5.41) is 10.5. The Balaban J connectivity index is 1.48. The second-order valence-corrected chi connectivity index (χ2v) is 12.8. The lowest BCUT2D eigenvalue weighted by atomic mass is 9.70. The predicted molar refractivity (Wildman–Crippen MR) is 166 cm³/mol. The summed E-state index contributed by atoms with van der Waals surface area (Å²) in [4.78, 5) is 50.9. The normalized spacial score (nSPS) is 28.6. The third-order valence-electron chi connectivity index (χ3n) is 9.90. The van der Waals surface area contributed by atoms with E-state index >= 15 is 0 Å². The van der Waals surface area contributed by atoms with E-state index < -0.39 is 35.6 Å². The van der Waals surface area contributed by atoms with E-state index in [1.807, 2.05) is 44.2 Å². The van der Waals surface area contributed by atoms with Crippen LogP contribution in [0.3, 0.4) is 0 Å². The number of nitrogens with zero attached hydrogens (tertiary/aromatic N) is 4. The maximum absolute atomic E-state index is 14.7. The van der Waals surface area contributed by atoms with Gasteiger partial charge in [-0.25, -0.2) is 0 Å². The zero-order valence-corrected chi connectivity index (χ0v) is 26.2. The Kier molecular flexibility index (Phi) is 10.2. The molecule has 10 nitrogen and oxygen atoms in total. The van der Waals surface area contributed by atoms with Crippen LogP contribution in [0.4, 0.5) is 0 Å². The van der Waals surface area contributed by atoms with Gasteiger partial charge in [0.05, 0.1) is 43.8 Å². The van der Waals surface area contributed by atoms with Crippen molar-refractivity contribution in [1.29, 1.82) is 0 Å². The van der Waals surface area contributed by atoms with Crippen molar-refractivity contribution >= 4 is 17.7 Å². The van der Waals surface area contributed by atoms with Crippen molar-refractivity contribution in [3.63, 3.8) is 0 Å². The third-order valence-corrected chi connectivity index (χ3v) is 9.90. The minimum Gasteiger partial charge on any atom is -0.394 e. The number of carbonyl (C=O) groups is 3. The fraction of sp³-hybridized carbons (Fsp3) is 0.618. The quantitative estimate of drug-likeness (QED) is 0.322. The number of likely N-dealkylation sites (tertiary alicyclic amines) is 1. The van der Waals surface area contributed by atoms with Gasteiger partial charge >= 0.3 is 0 Å². The summed E-state index contributed by atoms with van der Waals surface area (Å²) in [5.41, 5.74) is -0.152. The number of benzene rings is 1. The topological polar surface area (TPSA) is 103 Å². The lowest BCUT2D eigenvalue weighted by Gasteiger charge is -2.40. The number of aliphatic hydroxyl groups is 1. The molecule has 4 saturated heterocycles. The molecule has 0 saturated carbocycles. The van der Waals surface area contributed by atoms with Crippen LogP contribution >= 0.6 is 0 Å². The van der Waals surface area contributed by atoms with E-state index in [0.29, 0.717) is 58.8 Å². The Morgan fingerprint density at radius 1 is 1.09 bits per heavy atom. The summed E-state index contributed by atoms with van der Waals surface area (Å²) in [7, 11) is 0. The van der Waals surface area contributed by atoms with Crippen LogP contribution in [0.5, 0.6) is 0 Å². The van der Waals surface area contributed by atoms with Gasteiger partial charge in [0, 0.05) is 45.8 Å². The molecule has 10 heteroatoms. The molecule has 1 spiro atoms. The van der Waals surface area contributed by atoms with Gasteiger partial charge in [-0.15, -0.1) is 13.2 Å². The molecule has 0 aliphatic carbocycles. The standard InChI is InChI=1S/C34H48N4O6/c1-5-14-36(17-16-35-18-20-43-21-19-35)33(42)30-34-13-12-27(44-34)28(29(34)32(41)38(30)26(23-39)24(3)4)31(40)37(15-6-2)22-25-10-8-7-9-11-25/h5-11,24,26-30,39H,1-2,12-23H2,3-4H3/t26-,27-,28+,29-,30?,34?/m0/s1. The maximum Gasteiger partial charge on any atom is 0.248 e. The molecule has 44 heavy (non-hydrogen) atoms. The molecule has 0 radical (unpaired) electrons. The minimum absolute atomic E-state index is 0.114. The summed E-state index contributed by atoms with van der Waals surface area (Å²) in [6.45, 7) is 16.5. The summed E-state index contributed by atoms with van der Waals surface area (Å²) in [6.07, 6.45) is 4.04. The molecule has 1 aromatic carbocycles. The van der Waals surface area contributed by atoms with Crippen molar-refractivity contribution in [3.8, 4) is 0 Å². The van der Waals surface area contributed by atoms with Gasteiger partial charge in [-0.2, -0.15) is 0 Å². The van der Waals surface area contributed by atoms with E-state index in [-0.39, 0.29) is 30.2 Å². The zero-order valence-electron chi connectivity index (χ0n) is 26.2. The van der Waals surface area contributed by atoms with Crippen LogP contribution in [-0.2, 0) is 30.4 Å². The second kappa shape index (κ2) is 13.9. The predicted octanol–water partition coefficient (Wildman–Crippen LogP) is 1.94. The van der Waals surface area contributed by atoms with Crippen molar-refractivity contribution in [2.45, 2.75) is 57.0 Å². The maximum atomic E-state index is 14.7. The average molecular weight is 609 g/mol. The first-order chi connectivity index (χ1) is 21.3. The number of hydrogen-bond acceptors (Lipinski definition) is 7. The number of rotatable bonds is 14. The molecule has 2 unspecified atom stereocenters. The molecule has 6 atom stereocenters. The largest absolute Gasteiger partial charge is 0.394 e. The number of carbonyl (C=O) groups excluding carboxylic acids is 3. The molecule has 240 valence electrons. The number of aliphatic hydroxyl groups excluding tert-OH is 1. The second-order valence-electron chi connectivity index (χ2n) is 12.8. The number of hydrogen-bond donors (Lipinski definition) is 1. The van der Waals surface area contributed by atoms with Crippen LogP contribution in [0.2, 0.25) is 0 Å². The number of ether oxygens (including phenoxy) is 2. The van der Waals surface area contributed by atoms with E-state index in [1.165, 1.54) is 0 Å². The number of morpholine rings is 1. The van der Waals surface area contributed by atoms with Crippen molar-refractivity contribution in [2.75, 3.05) is 59.1 Å². The monoisotopic (exact) mass is 608 g/mol. The van der Waals surface area contributed by atoms with Crippen LogP contribution < -0.4 is 0 Å². The van der Waals surface area contributed by atoms with Gasteiger partial charge in [-0.3, -0.25) is 19.3 Å². The van der Waals surface area contributed by atoms with E-state index in [0.717, 1.165) is 18.7 Å². The molecule has 4 fully saturated rings. The van der Waals surface area contributed by atoms with E-state index in [1.54, 1.807) is 26.9 Å². The molecule has 4 aliphatic rings. The summed E-state index contributed by atoms with van der Waals surface area (Å²) in [5.74, 6) is -2.28. The molecule has 4 heterocycles. The van der Waals surface area contributed by atoms with Crippen LogP contribution in [0.15, 0.2) is 55.6 Å². The molecule has 0 aromatic heterocycles. The first-order valence-corrected chi connectivity index (χ1v) is 16.0. The van der Waals surface area contributed by atoms with Gasteiger partial charge < -0.3 is 29.3 Å². The lowest BCUT2D eigenvalue weighted by Crippen LogP contribution is -2.60. The highest BCUT2D eigenvalue weighted by atomic mass is 16.5. The Hall–Kier alpha value is -3.05. The minimum atomic E-state index is -1.13. The Morgan fingerprint density at radius 3 is 2.41 bits per heavy atom. The summed E-state index contributed by atoms with van der Waals surface area (Å²) >= 11 is 0. The SMILES string of the molecule is C=CCN(CCN1CCOCC1)C(=O)C1N([C@@H](CO)C(C)C)C(=O)[C@@H]2[C@H](C(=O)N(CC=C)Cc3ccccc3)[C@@H]3CCC12O3. The van der Waals surface area contributed by atoms with Gasteiger partial charge in [-0.1, -0.05) is 56.3 Å². The molecular formula is C34H48N4O6. The highest BCUT2D eigenvalue weighted by molar-refractivity contribution is 5.99.